The lowest BCUT2D eigenvalue weighted by Gasteiger charge is -2.13. The number of hydrogen-bond donors (Lipinski definition) is 0. The van der Waals surface area contributed by atoms with E-state index in [1.165, 1.54) is 6.20 Å². The molecule has 0 saturated heterocycles. The van der Waals surface area contributed by atoms with Crippen molar-refractivity contribution in [3.05, 3.63) is 30.2 Å². The molecular formula is C18H21F3N4O3S. The fourth-order valence-corrected chi connectivity index (χ4v) is 3.63. The number of halogens is 3. The summed E-state index contributed by atoms with van der Waals surface area (Å²) in [5.74, 6) is 1.13. The smallest absolute Gasteiger partial charge is 0.433 e. The maximum atomic E-state index is 12.9. The van der Waals surface area contributed by atoms with E-state index in [4.69, 9.17) is 4.74 Å². The topological polar surface area (TPSA) is 101 Å². The van der Waals surface area contributed by atoms with Gasteiger partial charge in [0.1, 0.15) is 17.1 Å². The van der Waals surface area contributed by atoms with Crippen molar-refractivity contribution in [2.75, 3.05) is 5.75 Å². The molecule has 0 aliphatic carbocycles. The number of alkyl halides is 3. The Morgan fingerprint density at radius 3 is 2.48 bits per heavy atom. The van der Waals surface area contributed by atoms with Crippen LogP contribution in [0.15, 0.2) is 29.4 Å². The fraction of sp³-hybridized carbons (Fsp3) is 0.389. The van der Waals surface area contributed by atoms with Gasteiger partial charge in [0, 0.05) is 18.9 Å². The normalized spacial score (nSPS) is 12.8. The molecule has 1 atom stereocenters. The Labute approximate surface area is 167 Å². The predicted molar refractivity (Wildman–Crippen MR) is 103 cm³/mol. The first-order chi connectivity index (χ1) is 13.1. The summed E-state index contributed by atoms with van der Waals surface area (Å²) < 4.78 is 58.6. The molecule has 0 aromatic carbocycles. The molecule has 3 heterocycles. The molecule has 3 aromatic rings. The number of aryl methyl sites for hydroxylation is 1. The van der Waals surface area contributed by atoms with Crippen LogP contribution < -0.4 is 4.74 Å². The molecule has 0 radical (unpaired) electrons. The molecule has 3 aromatic heterocycles. The van der Waals surface area contributed by atoms with E-state index in [2.05, 4.69) is 15.0 Å². The molecule has 29 heavy (non-hydrogen) atoms. The van der Waals surface area contributed by atoms with Crippen LogP contribution in [0.25, 0.3) is 22.6 Å². The molecule has 11 heteroatoms. The van der Waals surface area contributed by atoms with Crippen molar-refractivity contribution < 1.29 is 27.6 Å². The van der Waals surface area contributed by atoms with Gasteiger partial charge in [0.05, 0.1) is 45.2 Å². The lowest BCUT2D eigenvalue weighted by atomic mass is 10.3. The first kappa shape index (κ1) is 22.8. The lowest BCUT2D eigenvalue weighted by Crippen LogP contribution is -2.08. The molecule has 0 amide bonds. The molecular weight excluding hydrogens is 409 g/mol. The van der Waals surface area contributed by atoms with Gasteiger partial charge in [0.15, 0.2) is 5.82 Å². The van der Waals surface area contributed by atoms with Crippen molar-refractivity contribution in [1.82, 2.24) is 19.5 Å². The summed E-state index contributed by atoms with van der Waals surface area (Å²) in [4.78, 5) is 12.6. The van der Waals surface area contributed by atoms with Gasteiger partial charge in [-0.25, -0.2) is 15.0 Å². The van der Waals surface area contributed by atoms with Crippen LogP contribution in [-0.4, -0.2) is 41.1 Å². The molecule has 0 fully saturated rings. The third-order valence-corrected chi connectivity index (χ3v) is 5.30. The molecule has 2 N–H and O–H groups in total. The Bertz CT molecular complexity index is 1050. The van der Waals surface area contributed by atoms with Crippen molar-refractivity contribution in [2.45, 2.75) is 37.9 Å². The molecule has 158 valence electrons. The first-order valence-corrected chi connectivity index (χ1v) is 9.88. The highest BCUT2D eigenvalue weighted by Gasteiger charge is 2.33. The fourth-order valence-electron chi connectivity index (χ4n) is 2.72. The van der Waals surface area contributed by atoms with Crippen LogP contribution in [0.3, 0.4) is 0 Å². The number of hydrogen-bond acceptors (Lipinski definition) is 5. The van der Waals surface area contributed by atoms with E-state index in [1.807, 2.05) is 13.8 Å². The molecule has 0 spiro atoms. The molecule has 0 saturated carbocycles. The van der Waals surface area contributed by atoms with E-state index < -0.39 is 22.7 Å². The molecule has 0 bridgehead atoms. The summed E-state index contributed by atoms with van der Waals surface area (Å²) in [6, 6.07) is 2.53. The summed E-state index contributed by atoms with van der Waals surface area (Å²) in [7, 11) is 0.284. The highest BCUT2D eigenvalue weighted by Crippen LogP contribution is 2.32. The summed E-state index contributed by atoms with van der Waals surface area (Å²) in [5.41, 5.74) is -0.128. The largest absolute Gasteiger partial charge is 0.489 e. The Balaban J connectivity index is 0.00000300. The van der Waals surface area contributed by atoms with Crippen LogP contribution in [0.1, 0.15) is 26.5 Å². The maximum absolute atomic E-state index is 12.9. The van der Waals surface area contributed by atoms with Crippen molar-refractivity contribution >= 4 is 21.8 Å². The van der Waals surface area contributed by atoms with Crippen LogP contribution in [-0.2, 0) is 24.0 Å². The van der Waals surface area contributed by atoms with E-state index in [0.717, 1.165) is 12.3 Å². The zero-order valence-electron chi connectivity index (χ0n) is 16.2. The van der Waals surface area contributed by atoms with Gasteiger partial charge >= 0.3 is 6.18 Å². The molecule has 0 aliphatic rings. The van der Waals surface area contributed by atoms with Crippen LogP contribution in [0.5, 0.6) is 5.75 Å². The highest BCUT2D eigenvalue weighted by atomic mass is 32.2. The number of aromatic nitrogens is 4. The van der Waals surface area contributed by atoms with E-state index in [0.29, 0.717) is 33.4 Å². The maximum Gasteiger partial charge on any atom is 0.433 e. The monoisotopic (exact) mass is 430 g/mol. The SMILES string of the molecule is CCS(=O)c1cc(OC(C)C)cnc1-c1nc2cc(C(F)(F)F)ncc2n1C.O. The second kappa shape index (κ2) is 8.46. The van der Waals surface area contributed by atoms with Gasteiger partial charge in [-0.05, 0) is 19.9 Å². The first-order valence-electron chi connectivity index (χ1n) is 8.57. The van der Waals surface area contributed by atoms with Gasteiger partial charge in [-0.3, -0.25) is 4.21 Å². The highest BCUT2D eigenvalue weighted by molar-refractivity contribution is 7.85. The van der Waals surface area contributed by atoms with E-state index >= 15 is 0 Å². The van der Waals surface area contributed by atoms with Gasteiger partial charge in [-0.1, -0.05) is 6.92 Å². The van der Waals surface area contributed by atoms with Gasteiger partial charge in [-0.15, -0.1) is 0 Å². The summed E-state index contributed by atoms with van der Waals surface area (Å²) >= 11 is 0. The Morgan fingerprint density at radius 2 is 1.90 bits per heavy atom. The van der Waals surface area contributed by atoms with Crippen molar-refractivity contribution in [2.24, 2.45) is 7.05 Å². The van der Waals surface area contributed by atoms with Crippen LogP contribution in [0, 0.1) is 0 Å². The second-order valence-electron chi connectivity index (χ2n) is 6.37. The van der Waals surface area contributed by atoms with Crippen molar-refractivity contribution in [3.63, 3.8) is 0 Å². The van der Waals surface area contributed by atoms with Gasteiger partial charge in [-0.2, -0.15) is 13.2 Å². The third-order valence-electron chi connectivity index (χ3n) is 3.98. The number of imidazole rings is 1. The minimum Gasteiger partial charge on any atom is -0.489 e. The number of rotatable bonds is 5. The minimum atomic E-state index is -4.56. The summed E-state index contributed by atoms with van der Waals surface area (Å²) in [6.07, 6.45) is -2.03. The average molecular weight is 430 g/mol. The van der Waals surface area contributed by atoms with E-state index in [-0.39, 0.29) is 17.1 Å². The quantitative estimate of drug-likeness (QED) is 0.619. The average Bonchev–Trinajstić information content (AvgIpc) is 2.96. The second-order valence-corrected chi connectivity index (χ2v) is 8.08. The van der Waals surface area contributed by atoms with Crippen molar-refractivity contribution in [3.8, 4) is 17.3 Å². The Hall–Kier alpha value is -2.53. The Kier molecular flexibility index (Phi) is 6.63. The Morgan fingerprint density at radius 1 is 1.21 bits per heavy atom. The number of fused-ring (bicyclic) bond motifs is 1. The summed E-state index contributed by atoms with van der Waals surface area (Å²) in [6.45, 7) is 5.49. The molecule has 3 rings (SSSR count). The number of nitrogens with zero attached hydrogens (tertiary/aromatic N) is 4. The van der Waals surface area contributed by atoms with Gasteiger partial charge in [0.2, 0.25) is 0 Å². The zero-order chi connectivity index (χ0) is 20.6. The minimum absolute atomic E-state index is 0. The molecule has 7 nitrogen and oxygen atoms in total. The van der Waals surface area contributed by atoms with Crippen LogP contribution >= 0.6 is 0 Å². The summed E-state index contributed by atoms with van der Waals surface area (Å²) in [5, 5.41) is 0. The predicted octanol–water partition coefficient (Wildman–Crippen LogP) is 3.14. The van der Waals surface area contributed by atoms with Crippen molar-refractivity contribution in [1.29, 1.82) is 0 Å². The molecule has 1 unspecified atom stereocenters. The lowest BCUT2D eigenvalue weighted by molar-refractivity contribution is -0.141. The van der Waals surface area contributed by atoms with Gasteiger partial charge < -0.3 is 14.8 Å². The van der Waals surface area contributed by atoms with Gasteiger partial charge in [0.25, 0.3) is 0 Å². The van der Waals surface area contributed by atoms with E-state index in [9.17, 15) is 17.4 Å². The van der Waals surface area contributed by atoms with Crippen LogP contribution in [0.2, 0.25) is 0 Å². The third kappa shape index (κ3) is 4.56. The number of pyridine rings is 2. The standard InChI is InChI=1S/C18H19F3N4O2S.H2O/c1-5-28(26)14-6-11(27-10(2)3)8-23-16(14)17-24-12-7-15(18(19,20)21)22-9-13(12)25(17)4;/h6-10H,5H2,1-4H3;1H2. The number of ether oxygens (including phenoxy) is 1. The van der Waals surface area contributed by atoms with E-state index in [1.54, 1.807) is 24.6 Å². The molecule has 0 aliphatic heterocycles. The van der Waals surface area contributed by atoms with Crippen LogP contribution in [0.4, 0.5) is 13.2 Å². The zero-order valence-corrected chi connectivity index (χ0v) is 17.1.